The molecular weight excluding hydrogens is 1820 g/mol. The highest BCUT2D eigenvalue weighted by Crippen LogP contribution is 2.52. The van der Waals surface area contributed by atoms with E-state index < -0.39 is 195 Å². The van der Waals surface area contributed by atoms with E-state index in [0.717, 1.165) is 18.1 Å². The van der Waals surface area contributed by atoms with Gasteiger partial charge in [0.1, 0.15) is 47.1 Å². The van der Waals surface area contributed by atoms with Crippen LogP contribution in [0.1, 0.15) is 213 Å². The van der Waals surface area contributed by atoms with Gasteiger partial charge in [0.2, 0.25) is 0 Å². The fraction of sp³-hybridized carbons (Fsp3) is 0.800. The Balaban J connectivity index is 1.32. The highest BCUT2D eigenvalue weighted by Gasteiger charge is 2.62. The molecule has 20 nitrogen and oxygen atoms in total. The van der Waals surface area contributed by atoms with E-state index in [1.54, 1.807) is 68.6 Å². The number of hydrogen-bond donors (Lipinski definition) is 0. The summed E-state index contributed by atoms with van der Waals surface area (Å²) >= 11 is 2.28. The molecule has 7 rings (SSSR count). The number of esters is 1. The van der Waals surface area contributed by atoms with Crippen LogP contribution in [0.4, 0.5) is 13.2 Å². The number of allylic oxidation sites excluding steroid dienone is 1. The third-order valence-electron chi connectivity index (χ3n) is 29.2. The van der Waals surface area contributed by atoms with Gasteiger partial charge in [0, 0.05) is 49.2 Å². The number of benzene rings is 2. The lowest BCUT2D eigenvalue weighted by Crippen LogP contribution is -2.69. The normalized spacial score (nSPS) is 27.4. The smallest absolute Gasteiger partial charge is 0.455 e. The minimum absolute atomic E-state index is 0.00948. The molecule has 5 fully saturated rings. The number of sulfone groups is 1. The molecule has 0 radical (unpaired) electrons. The summed E-state index contributed by atoms with van der Waals surface area (Å²) in [5, 5.41) is -2.97. The zero-order valence-corrected chi connectivity index (χ0v) is 89.3. The highest BCUT2D eigenvalue weighted by molar-refractivity contribution is 14.1. The maximum atomic E-state index is 16.6. The number of halogens is 4. The molecule has 0 spiro atoms. The van der Waals surface area contributed by atoms with Crippen LogP contribution in [0, 0.1) is 11.8 Å². The Morgan fingerprint density at radius 1 is 0.615 bits per heavy atom. The van der Waals surface area contributed by atoms with Gasteiger partial charge in [0.05, 0.1) is 78.1 Å². The van der Waals surface area contributed by atoms with Crippen LogP contribution in [-0.4, -0.2) is 211 Å². The number of carbonyl (C=O) groups excluding carboxylic acids is 2. The molecule has 5 aliphatic heterocycles. The summed E-state index contributed by atoms with van der Waals surface area (Å²) in [5.74, 6) is -3.40. The van der Waals surface area contributed by atoms with Crippen LogP contribution in [0.2, 0.25) is 109 Å². The SMILES string of the molecule is C=C(OS(=O)(=O)C(F)(F)F)[C@H](C)C[C@H]1CC[C@@H]2O[C@@H](CC[C@H](/C=C/[C@H](O[Si](C)(C)C(C)(C)C)[C@@H]3O[C@H]4CC[C@H](CC(=O)[C@@H]([C@@H]5[C@@H](OC)[C@@H](C[C@@H](CO[Si](C)(C)C(C)(C)C)O[Si](C)(C)C(C)(C)C)O[C@H]5CCO[Si](CC)(CC)CC)S(=O)(=O)c5ccccc5)O[C@@H]4[C@H](O[Si](C)(C)C(C)(C)C)[C@@H]3O[Si](C)(C)C(C)(C)C)OC(=O)c3ccccc3)C[C@]2(CI)O1. The van der Waals surface area contributed by atoms with E-state index in [4.69, 9.17) is 59.7 Å². The molecule has 0 unspecified atom stereocenters. The summed E-state index contributed by atoms with van der Waals surface area (Å²) in [6.45, 7) is 67.4. The predicted molar refractivity (Wildman–Crippen MR) is 502 cm³/mol. The first-order valence-electron chi connectivity index (χ1n) is 44.7. The Labute approximate surface area is 753 Å². The molecule has 0 bridgehead atoms. The van der Waals surface area contributed by atoms with Gasteiger partial charge in [-0.3, -0.25) is 4.79 Å². The van der Waals surface area contributed by atoms with Gasteiger partial charge in [0.25, 0.3) is 0 Å². The number of ether oxygens (including phenoxy) is 7. The van der Waals surface area contributed by atoms with Crippen molar-refractivity contribution < 1.29 is 103 Å². The summed E-state index contributed by atoms with van der Waals surface area (Å²) < 4.78 is 196. The van der Waals surface area contributed by atoms with Gasteiger partial charge < -0.3 is 63.9 Å². The van der Waals surface area contributed by atoms with E-state index in [1.165, 1.54) is 0 Å². The lowest BCUT2D eigenvalue weighted by molar-refractivity contribution is -0.266. The molecule has 2 aromatic carbocycles. The molecule has 5 aliphatic rings. The quantitative estimate of drug-likeness (QED) is 0.00880. The molecule has 5 saturated heterocycles. The molecule has 0 amide bonds. The fourth-order valence-corrected chi connectivity index (χ4v) is 28.5. The Morgan fingerprint density at radius 2 is 1.15 bits per heavy atom. The summed E-state index contributed by atoms with van der Waals surface area (Å²) in [5.41, 5.74) is -6.04. The van der Waals surface area contributed by atoms with Gasteiger partial charge in [-0.25, -0.2) is 13.2 Å². The molecule has 0 aromatic heterocycles. The number of alkyl halides is 4. The average molecular weight is 1970 g/mol. The van der Waals surface area contributed by atoms with Crippen molar-refractivity contribution in [3.63, 3.8) is 0 Å². The zero-order chi connectivity index (χ0) is 92.2. The van der Waals surface area contributed by atoms with Crippen LogP contribution >= 0.6 is 22.6 Å². The number of carbonyl (C=O) groups is 2. The molecule has 122 heavy (non-hydrogen) atoms. The van der Waals surface area contributed by atoms with Crippen molar-refractivity contribution in [1.82, 2.24) is 0 Å². The first-order chi connectivity index (χ1) is 55.8. The molecule has 32 heteroatoms. The lowest BCUT2D eigenvalue weighted by Gasteiger charge is -2.56. The van der Waals surface area contributed by atoms with Gasteiger partial charge in [-0.15, -0.1) is 0 Å². The van der Waals surface area contributed by atoms with Crippen molar-refractivity contribution in [1.29, 1.82) is 0 Å². The predicted octanol–water partition coefficient (Wildman–Crippen LogP) is 22.4. The summed E-state index contributed by atoms with van der Waals surface area (Å²) in [7, 11) is -24.5. The van der Waals surface area contributed by atoms with Gasteiger partial charge >= 0.3 is 21.6 Å². The minimum atomic E-state index is -5.91. The second-order valence-electron chi connectivity index (χ2n) is 42.9. The number of rotatable bonds is 41. The van der Waals surface area contributed by atoms with Crippen LogP contribution < -0.4 is 0 Å². The van der Waals surface area contributed by atoms with Crippen LogP contribution in [-0.2, 0) is 88.6 Å². The maximum absolute atomic E-state index is 16.6. The Kier molecular flexibility index (Phi) is 36.4. The second kappa shape index (κ2) is 41.5. The van der Waals surface area contributed by atoms with E-state index in [2.05, 4.69) is 223 Å². The van der Waals surface area contributed by atoms with E-state index in [0.29, 0.717) is 81.0 Å². The number of methoxy groups -OCH3 is 1. The van der Waals surface area contributed by atoms with Crippen molar-refractivity contribution in [3.05, 3.63) is 90.7 Å². The fourth-order valence-electron chi connectivity index (χ4n) is 16.0. The number of ketones is 1. The first kappa shape index (κ1) is 107. The molecule has 0 N–H and O–H groups in total. The van der Waals surface area contributed by atoms with E-state index >= 15 is 13.2 Å². The Bertz CT molecular complexity index is 3980. The molecular formula is C90H156F3IO20S2Si6. The topological polar surface area (TPSA) is 232 Å². The van der Waals surface area contributed by atoms with Crippen molar-refractivity contribution >= 4 is 104 Å². The summed E-state index contributed by atoms with van der Waals surface area (Å²) in [6, 6.07) is 19.8. The molecule has 2 aromatic rings. The monoisotopic (exact) mass is 1970 g/mol. The Hall–Kier alpha value is -1.90. The standard InChI is InChI=1S/C90H156F3IO20S2Si6/c1-32-122(33-2,34-3)102-54-53-71-76(77(101-21)74(107-71)57-68(111-118(24,25)85(9,10)11)59-103-117(22,23)84(6,7)8)82(115(97,98)69-43-39-36-40-44-69)70(95)56-65-48-50-72-78(105-65)80(113-120(28,29)87(15,16)17)81(114-121(30,31)88(18,19)20)79(108-72)73(112-119(26,27)86(12,13)14)51-47-64(106-83(96)63-41-37-35-38-42-63)45-46-67-58-89(60-94)75(104-67)52-49-66(109-89)55-61(4)62(5)110-116(99,100)90(91,92)93/h35-44,47,51,61,64-68,71-82H,5,32-34,45-46,48-50,52-60H2,1-4,6-31H3/b51-47+/t61-,64-,65-,66-,67+,68+,71+,72+,73+,74-,75+,76+,77+,78+,79+,80+,81-,82+,89-/m1/s1. The maximum Gasteiger partial charge on any atom is 0.534 e. The molecule has 0 saturated carbocycles. The molecule has 0 aliphatic carbocycles. The largest absolute Gasteiger partial charge is 0.534 e. The van der Waals surface area contributed by atoms with Crippen LogP contribution in [0.3, 0.4) is 0 Å². The molecule has 5 heterocycles. The molecule has 19 atom stereocenters. The van der Waals surface area contributed by atoms with Gasteiger partial charge in [-0.1, -0.05) is 203 Å². The van der Waals surface area contributed by atoms with Gasteiger partial charge in [0.15, 0.2) is 65.5 Å². The second-order valence-corrected chi connectivity index (χ2v) is 75.9. The van der Waals surface area contributed by atoms with Crippen LogP contribution in [0.15, 0.2) is 90.0 Å². The van der Waals surface area contributed by atoms with E-state index in [-0.39, 0.29) is 55.1 Å². The van der Waals surface area contributed by atoms with Gasteiger partial charge in [-0.05, 0) is 191 Å². The van der Waals surface area contributed by atoms with E-state index in [1.807, 2.05) is 18.2 Å². The van der Waals surface area contributed by atoms with Crippen molar-refractivity contribution in [2.75, 3.05) is 24.8 Å². The number of hydrogen-bond acceptors (Lipinski definition) is 20. The number of fused-ring (bicyclic) bond motifs is 2. The van der Waals surface area contributed by atoms with Crippen LogP contribution in [0.5, 0.6) is 0 Å². The first-order valence-corrected chi connectivity index (χ1v) is 66.2. The lowest BCUT2D eigenvalue weighted by atomic mass is 9.84. The van der Waals surface area contributed by atoms with Crippen molar-refractivity contribution in [2.45, 2.75) is 424 Å². The zero-order valence-electron chi connectivity index (χ0n) is 79.5. The number of Topliss-reactive ketones (excluding diaryl/α,β-unsaturated/α-hetero) is 1. The average Bonchev–Trinajstić information content (AvgIpc) is 0.931. The summed E-state index contributed by atoms with van der Waals surface area (Å²) in [4.78, 5) is 31.2. The Morgan fingerprint density at radius 3 is 1.67 bits per heavy atom. The van der Waals surface area contributed by atoms with Crippen molar-refractivity contribution in [3.8, 4) is 0 Å². The third-order valence-corrected chi connectivity index (χ3v) is 60.8. The summed E-state index contributed by atoms with van der Waals surface area (Å²) in [6.07, 6.45) is -3.37. The molecule has 700 valence electrons. The van der Waals surface area contributed by atoms with Crippen LogP contribution in [0.25, 0.3) is 0 Å². The minimum Gasteiger partial charge on any atom is -0.455 e. The van der Waals surface area contributed by atoms with Gasteiger partial charge in [-0.2, -0.15) is 21.6 Å². The third kappa shape index (κ3) is 26.3. The highest BCUT2D eigenvalue weighted by atomic mass is 127. The van der Waals surface area contributed by atoms with E-state index in [9.17, 15) is 26.4 Å². The van der Waals surface area contributed by atoms with Crippen molar-refractivity contribution in [2.24, 2.45) is 11.8 Å².